The number of methoxy groups -OCH3 is 1. The molecule has 1 heterocycles. The molecule has 2 aromatic rings. The molecule has 0 bridgehead atoms. The minimum absolute atomic E-state index is 0.0225. The fourth-order valence-corrected chi connectivity index (χ4v) is 5.89. The summed E-state index contributed by atoms with van der Waals surface area (Å²) in [5, 5.41) is 2.78. The van der Waals surface area contributed by atoms with Gasteiger partial charge in [-0.15, -0.1) is 0 Å². The molecule has 32 heavy (non-hydrogen) atoms. The number of carbonyl (C=O) groups excluding carboxylic acids is 1. The molecule has 1 saturated heterocycles. The molecule has 1 aliphatic heterocycles. The van der Waals surface area contributed by atoms with Crippen molar-refractivity contribution in [1.82, 2.24) is 4.31 Å². The third kappa shape index (κ3) is 5.68. The molecule has 0 spiro atoms. The largest absolute Gasteiger partial charge is 0.497 e. The first-order valence-corrected chi connectivity index (χ1v) is 12.4. The fraction of sp³-hybridized carbons (Fsp3) is 0.458. The number of nitrogens with zero attached hydrogens (tertiary/aromatic N) is 1. The maximum Gasteiger partial charge on any atom is 0.253 e. The zero-order valence-corrected chi connectivity index (χ0v) is 19.9. The Morgan fingerprint density at radius 2 is 1.78 bits per heavy atom. The first-order chi connectivity index (χ1) is 15.2. The maximum absolute atomic E-state index is 13.1. The molecule has 3 unspecified atom stereocenters. The summed E-state index contributed by atoms with van der Waals surface area (Å²) >= 11 is 0. The van der Waals surface area contributed by atoms with Gasteiger partial charge in [0.1, 0.15) is 11.9 Å². The smallest absolute Gasteiger partial charge is 0.253 e. The van der Waals surface area contributed by atoms with E-state index in [9.17, 15) is 13.2 Å². The van der Waals surface area contributed by atoms with E-state index in [1.54, 1.807) is 42.6 Å². The third-order valence-electron chi connectivity index (χ3n) is 5.81. The summed E-state index contributed by atoms with van der Waals surface area (Å²) in [4.78, 5) is 12.7. The molecule has 8 heteroatoms. The Balaban J connectivity index is 1.60. The monoisotopic (exact) mass is 460 g/mol. The van der Waals surface area contributed by atoms with Crippen LogP contribution in [0.4, 0.5) is 5.69 Å². The second kappa shape index (κ2) is 10.5. The number of carbonyl (C=O) groups is 1. The van der Waals surface area contributed by atoms with Crippen LogP contribution in [0.5, 0.6) is 5.75 Å². The summed E-state index contributed by atoms with van der Waals surface area (Å²) in [7, 11) is -1.98. The van der Waals surface area contributed by atoms with Gasteiger partial charge in [-0.1, -0.05) is 18.6 Å². The number of hydrogen-bond acceptors (Lipinski definition) is 5. The topological polar surface area (TPSA) is 84.9 Å². The molecule has 1 N–H and O–H groups in total. The second-order valence-corrected chi connectivity index (χ2v) is 10.1. The Morgan fingerprint density at radius 3 is 2.41 bits per heavy atom. The van der Waals surface area contributed by atoms with Gasteiger partial charge in [0.25, 0.3) is 5.91 Å². The zero-order chi connectivity index (χ0) is 23.3. The van der Waals surface area contributed by atoms with Crippen LogP contribution < -0.4 is 10.1 Å². The molecule has 3 rings (SSSR count). The standard InChI is InChI=1S/C24H32N2O5S/c1-17-7-5-8-18(2)26(17)32(28,29)23-13-11-21(12-14-23)25-24(27)19(3)31-16-20-9-6-10-22(15-20)30-4/h6,9-15,17-19H,5,7-8,16H2,1-4H3,(H,25,27). The summed E-state index contributed by atoms with van der Waals surface area (Å²) in [5.41, 5.74) is 1.42. The molecule has 0 aromatic heterocycles. The van der Waals surface area contributed by atoms with Gasteiger partial charge in [-0.3, -0.25) is 4.79 Å². The van der Waals surface area contributed by atoms with Gasteiger partial charge in [0, 0.05) is 17.8 Å². The summed E-state index contributed by atoms with van der Waals surface area (Å²) < 4.78 is 38.7. The average Bonchev–Trinajstić information content (AvgIpc) is 2.77. The average molecular weight is 461 g/mol. The number of ether oxygens (including phenoxy) is 2. The highest BCUT2D eigenvalue weighted by atomic mass is 32.2. The molecule has 1 aliphatic rings. The molecule has 1 fully saturated rings. The number of rotatable bonds is 8. The molecule has 2 aromatic carbocycles. The van der Waals surface area contributed by atoms with Crippen LogP contribution in [-0.2, 0) is 26.2 Å². The van der Waals surface area contributed by atoms with Crippen LogP contribution in [0, 0.1) is 0 Å². The lowest BCUT2D eigenvalue weighted by molar-refractivity contribution is -0.127. The van der Waals surface area contributed by atoms with Crippen molar-refractivity contribution in [2.24, 2.45) is 0 Å². The van der Waals surface area contributed by atoms with E-state index in [0.29, 0.717) is 5.69 Å². The van der Waals surface area contributed by atoms with Crippen LogP contribution >= 0.6 is 0 Å². The first kappa shape index (κ1) is 24.2. The Hall–Kier alpha value is -2.42. The second-order valence-electron chi connectivity index (χ2n) is 8.28. The van der Waals surface area contributed by atoms with Crippen LogP contribution in [0.2, 0.25) is 0 Å². The van der Waals surface area contributed by atoms with E-state index in [4.69, 9.17) is 9.47 Å². The fourth-order valence-electron chi connectivity index (χ4n) is 4.01. The van der Waals surface area contributed by atoms with Crippen molar-refractivity contribution in [1.29, 1.82) is 0 Å². The van der Waals surface area contributed by atoms with Gasteiger partial charge < -0.3 is 14.8 Å². The molecule has 3 atom stereocenters. The lowest BCUT2D eigenvalue weighted by atomic mass is 10.0. The molecular weight excluding hydrogens is 428 g/mol. The van der Waals surface area contributed by atoms with Crippen molar-refractivity contribution in [3.8, 4) is 5.75 Å². The predicted molar refractivity (Wildman–Crippen MR) is 124 cm³/mol. The number of sulfonamides is 1. The number of anilines is 1. The van der Waals surface area contributed by atoms with Crippen molar-refractivity contribution in [3.63, 3.8) is 0 Å². The van der Waals surface area contributed by atoms with Crippen LogP contribution in [-0.4, -0.2) is 43.9 Å². The minimum Gasteiger partial charge on any atom is -0.497 e. The summed E-state index contributed by atoms with van der Waals surface area (Å²) in [6.07, 6.45) is 2.09. The SMILES string of the molecule is COc1cccc(COC(C)C(=O)Nc2ccc(S(=O)(=O)N3C(C)CCCC3C)cc2)c1. The lowest BCUT2D eigenvalue weighted by Gasteiger charge is -2.37. The number of amides is 1. The maximum atomic E-state index is 13.1. The Labute approximate surface area is 190 Å². The van der Waals surface area contributed by atoms with E-state index < -0.39 is 16.1 Å². The highest BCUT2D eigenvalue weighted by molar-refractivity contribution is 7.89. The molecule has 1 amide bonds. The van der Waals surface area contributed by atoms with Crippen LogP contribution in [0.25, 0.3) is 0 Å². The molecule has 0 aliphatic carbocycles. The van der Waals surface area contributed by atoms with Gasteiger partial charge in [0.05, 0.1) is 18.6 Å². The van der Waals surface area contributed by atoms with Gasteiger partial charge in [0.15, 0.2) is 0 Å². The number of nitrogens with one attached hydrogen (secondary N) is 1. The summed E-state index contributed by atoms with van der Waals surface area (Å²) in [6.45, 7) is 5.85. The number of benzene rings is 2. The van der Waals surface area contributed by atoms with Crippen molar-refractivity contribution in [2.45, 2.75) is 69.7 Å². The normalized spacial score (nSPS) is 20.5. The van der Waals surface area contributed by atoms with E-state index in [0.717, 1.165) is 30.6 Å². The van der Waals surface area contributed by atoms with Gasteiger partial charge >= 0.3 is 0 Å². The minimum atomic E-state index is -3.58. The van der Waals surface area contributed by atoms with E-state index in [1.165, 1.54) is 0 Å². The van der Waals surface area contributed by atoms with E-state index in [2.05, 4.69) is 5.32 Å². The number of piperidine rings is 1. The van der Waals surface area contributed by atoms with Gasteiger partial charge in [-0.2, -0.15) is 4.31 Å². The molecule has 7 nitrogen and oxygen atoms in total. The lowest BCUT2D eigenvalue weighted by Crippen LogP contribution is -2.47. The Bertz CT molecular complexity index is 1010. The molecule has 0 saturated carbocycles. The molecule has 0 radical (unpaired) electrons. The summed E-state index contributed by atoms with van der Waals surface area (Å²) in [5.74, 6) is 0.424. The van der Waals surface area contributed by atoms with Crippen molar-refractivity contribution in [2.75, 3.05) is 12.4 Å². The van der Waals surface area contributed by atoms with Crippen LogP contribution in [0.3, 0.4) is 0 Å². The van der Waals surface area contributed by atoms with E-state index in [-0.39, 0.29) is 29.5 Å². The quantitative estimate of drug-likeness (QED) is 0.638. The third-order valence-corrected chi connectivity index (χ3v) is 7.96. The van der Waals surface area contributed by atoms with Gasteiger partial charge in [-0.25, -0.2) is 8.42 Å². The van der Waals surface area contributed by atoms with Gasteiger partial charge in [-0.05, 0) is 75.6 Å². The Kier molecular flexibility index (Phi) is 7.92. The van der Waals surface area contributed by atoms with Crippen molar-refractivity contribution >= 4 is 21.6 Å². The highest BCUT2D eigenvalue weighted by Gasteiger charge is 2.35. The molecule has 174 valence electrons. The van der Waals surface area contributed by atoms with Crippen LogP contribution in [0.15, 0.2) is 53.4 Å². The molecular formula is C24H32N2O5S. The van der Waals surface area contributed by atoms with Crippen molar-refractivity contribution in [3.05, 3.63) is 54.1 Å². The predicted octanol–water partition coefficient (Wildman–Crippen LogP) is 4.19. The van der Waals surface area contributed by atoms with E-state index >= 15 is 0 Å². The summed E-state index contributed by atoms with van der Waals surface area (Å²) in [6, 6.07) is 13.7. The van der Waals surface area contributed by atoms with Gasteiger partial charge in [0.2, 0.25) is 10.0 Å². The zero-order valence-electron chi connectivity index (χ0n) is 19.1. The Morgan fingerprint density at radius 1 is 1.12 bits per heavy atom. The highest BCUT2D eigenvalue weighted by Crippen LogP contribution is 2.30. The van der Waals surface area contributed by atoms with Crippen molar-refractivity contribution < 1.29 is 22.7 Å². The first-order valence-electron chi connectivity index (χ1n) is 10.9. The number of hydrogen-bond donors (Lipinski definition) is 1. The van der Waals surface area contributed by atoms with Crippen LogP contribution in [0.1, 0.15) is 45.6 Å². The van der Waals surface area contributed by atoms with E-state index in [1.807, 2.05) is 38.1 Å².